The van der Waals surface area contributed by atoms with Crippen LogP contribution < -0.4 is 4.72 Å². The van der Waals surface area contributed by atoms with E-state index in [4.69, 9.17) is 5.11 Å². The van der Waals surface area contributed by atoms with Gasteiger partial charge in [0.2, 0.25) is 10.0 Å². The van der Waals surface area contributed by atoms with E-state index >= 15 is 0 Å². The van der Waals surface area contributed by atoms with Crippen LogP contribution in [0.15, 0.2) is 33.9 Å². The molecule has 0 radical (unpaired) electrons. The van der Waals surface area contributed by atoms with Crippen molar-refractivity contribution in [1.82, 2.24) is 4.72 Å². The average molecular weight is 317 g/mol. The van der Waals surface area contributed by atoms with Crippen LogP contribution in [0.2, 0.25) is 0 Å². The summed E-state index contributed by atoms with van der Waals surface area (Å²) in [5.74, 6) is -1.13. The average Bonchev–Trinajstić information content (AvgIpc) is 3.00. The highest BCUT2D eigenvalue weighted by atomic mass is 32.2. The van der Waals surface area contributed by atoms with E-state index in [0.717, 1.165) is 22.3 Å². The van der Waals surface area contributed by atoms with Gasteiger partial charge in [-0.2, -0.15) is 0 Å². The van der Waals surface area contributed by atoms with Crippen LogP contribution >= 0.6 is 22.7 Å². The second kappa shape index (κ2) is 5.41. The highest BCUT2D eigenvalue weighted by Gasteiger charge is 2.21. The summed E-state index contributed by atoms with van der Waals surface area (Å²) in [4.78, 5) is 11.6. The standard InChI is InChI=1S/C11H11NO4S3/c1-7(9-3-2-4-17-9)12-19(15,16)8-5-10(11(13)14)18-6-8/h2-7,12H,1H3,(H,13,14). The zero-order chi connectivity index (χ0) is 14.0. The highest BCUT2D eigenvalue weighted by Crippen LogP contribution is 2.23. The molecule has 19 heavy (non-hydrogen) atoms. The molecule has 0 amide bonds. The number of carboxylic acids is 1. The number of carboxylic acid groups (broad SMARTS) is 1. The maximum absolute atomic E-state index is 12.1. The summed E-state index contributed by atoms with van der Waals surface area (Å²) in [6, 6.07) is 4.50. The number of hydrogen-bond acceptors (Lipinski definition) is 5. The van der Waals surface area contributed by atoms with E-state index in [1.807, 2.05) is 17.5 Å². The molecule has 2 heterocycles. The predicted octanol–water partition coefficient (Wildman–Crippen LogP) is 2.55. The zero-order valence-corrected chi connectivity index (χ0v) is 12.3. The molecule has 102 valence electrons. The Kier molecular flexibility index (Phi) is 4.04. The summed E-state index contributed by atoms with van der Waals surface area (Å²) < 4.78 is 26.7. The van der Waals surface area contributed by atoms with Gasteiger partial charge >= 0.3 is 5.97 Å². The van der Waals surface area contributed by atoms with Crippen molar-refractivity contribution >= 4 is 38.7 Å². The molecule has 2 aromatic heterocycles. The first-order chi connectivity index (χ1) is 8.90. The third-order valence-corrected chi connectivity index (χ3v) is 6.04. The second-order valence-electron chi connectivity index (χ2n) is 3.81. The van der Waals surface area contributed by atoms with Crippen LogP contribution in [0.4, 0.5) is 0 Å². The fourth-order valence-electron chi connectivity index (χ4n) is 1.47. The van der Waals surface area contributed by atoms with Crippen molar-refractivity contribution in [3.8, 4) is 0 Å². The molecule has 0 saturated heterocycles. The van der Waals surface area contributed by atoms with Crippen molar-refractivity contribution in [2.75, 3.05) is 0 Å². The van der Waals surface area contributed by atoms with Crippen LogP contribution in [0.5, 0.6) is 0 Å². The minimum Gasteiger partial charge on any atom is -0.477 e. The Hall–Kier alpha value is -1.22. The molecule has 0 spiro atoms. The second-order valence-corrected chi connectivity index (χ2v) is 7.41. The molecule has 1 atom stereocenters. The molecule has 2 aromatic rings. The number of hydrogen-bond donors (Lipinski definition) is 2. The SMILES string of the molecule is CC(NS(=O)(=O)c1csc(C(=O)O)c1)c1cccs1. The summed E-state index contributed by atoms with van der Waals surface area (Å²) in [5, 5.41) is 12.0. The van der Waals surface area contributed by atoms with E-state index in [9.17, 15) is 13.2 Å². The molecule has 0 aromatic carbocycles. The van der Waals surface area contributed by atoms with Crippen LogP contribution in [0.25, 0.3) is 0 Å². The van der Waals surface area contributed by atoms with Gasteiger partial charge in [0.05, 0.1) is 10.9 Å². The summed E-state index contributed by atoms with van der Waals surface area (Å²) >= 11 is 2.35. The smallest absolute Gasteiger partial charge is 0.345 e. The van der Waals surface area contributed by atoms with Gasteiger partial charge in [0.1, 0.15) is 4.88 Å². The maximum atomic E-state index is 12.1. The molecule has 0 aliphatic carbocycles. The molecular formula is C11H11NO4S3. The number of carbonyl (C=O) groups is 1. The summed E-state index contributed by atoms with van der Waals surface area (Å²) in [6.07, 6.45) is 0. The van der Waals surface area contributed by atoms with E-state index in [1.165, 1.54) is 16.7 Å². The number of thiophene rings is 2. The van der Waals surface area contributed by atoms with Gasteiger partial charge < -0.3 is 5.11 Å². The van der Waals surface area contributed by atoms with Crippen LogP contribution in [0.1, 0.15) is 27.5 Å². The van der Waals surface area contributed by atoms with Gasteiger partial charge in [-0.25, -0.2) is 17.9 Å². The van der Waals surface area contributed by atoms with Crippen molar-refractivity contribution in [1.29, 1.82) is 0 Å². The van der Waals surface area contributed by atoms with Gasteiger partial charge in [0.15, 0.2) is 0 Å². The van der Waals surface area contributed by atoms with Crippen LogP contribution in [-0.4, -0.2) is 19.5 Å². The molecule has 0 aliphatic heterocycles. The van der Waals surface area contributed by atoms with Crippen molar-refractivity contribution in [2.24, 2.45) is 0 Å². The largest absolute Gasteiger partial charge is 0.477 e. The van der Waals surface area contributed by atoms with E-state index < -0.39 is 16.0 Å². The van der Waals surface area contributed by atoms with E-state index in [2.05, 4.69) is 4.72 Å². The summed E-state index contributed by atoms with van der Waals surface area (Å²) in [6.45, 7) is 1.74. The van der Waals surface area contributed by atoms with Crippen LogP contribution in [0, 0.1) is 0 Å². The van der Waals surface area contributed by atoms with Crippen molar-refractivity contribution < 1.29 is 18.3 Å². The fourth-order valence-corrected chi connectivity index (χ4v) is 4.61. The fraction of sp³-hybridized carbons (Fsp3) is 0.182. The van der Waals surface area contributed by atoms with Gasteiger partial charge in [-0.3, -0.25) is 0 Å². The Labute approximate surface area is 118 Å². The Morgan fingerprint density at radius 1 is 1.42 bits per heavy atom. The summed E-state index contributed by atoms with van der Waals surface area (Å²) in [5.41, 5.74) is 0. The van der Waals surface area contributed by atoms with Gasteiger partial charge in [0.25, 0.3) is 0 Å². The normalized spacial score (nSPS) is 13.3. The molecule has 2 N–H and O–H groups in total. The van der Waals surface area contributed by atoms with Crippen molar-refractivity contribution in [2.45, 2.75) is 17.9 Å². The predicted molar refractivity (Wildman–Crippen MR) is 74.3 cm³/mol. The van der Waals surface area contributed by atoms with Gasteiger partial charge in [-0.15, -0.1) is 22.7 Å². The Balaban J connectivity index is 2.20. The van der Waals surface area contributed by atoms with E-state index in [1.54, 1.807) is 6.92 Å². The Morgan fingerprint density at radius 2 is 2.16 bits per heavy atom. The molecule has 2 rings (SSSR count). The Morgan fingerprint density at radius 3 is 2.68 bits per heavy atom. The zero-order valence-electron chi connectivity index (χ0n) is 9.86. The number of aromatic carboxylic acids is 1. The number of sulfonamides is 1. The first kappa shape index (κ1) is 14.2. The van der Waals surface area contributed by atoms with Gasteiger partial charge in [0, 0.05) is 10.3 Å². The highest BCUT2D eigenvalue weighted by molar-refractivity contribution is 7.89. The molecule has 8 heteroatoms. The first-order valence-corrected chi connectivity index (χ1v) is 8.52. The molecule has 5 nitrogen and oxygen atoms in total. The molecular weight excluding hydrogens is 306 g/mol. The molecule has 0 fully saturated rings. The lowest BCUT2D eigenvalue weighted by Gasteiger charge is -2.11. The number of rotatable bonds is 5. The lowest BCUT2D eigenvalue weighted by molar-refractivity contribution is 0.0702. The van der Waals surface area contributed by atoms with E-state index in [0.29, 0.717) is 0 Å². The number of nitrogens with one attached hydrogen (secondary N) is 1. The first-order valence-electron chi connectivity index (χ1n) is 5.28. The molecule has 0 bridgehead atoms. The quantitative estimate of drug-likeness (QED) is 0.887. The van der Waals surface area contributed by atoms with Gasteiger partial charge in [-0.05, 0) is 24.4 Å². The molecule has 0 saturated carbocycles. The Bertz CT molecular complexity index is 673. The lowest BCUT2D eigenvalue weighted by Crippen LogP contribution is -2.26. The molecule has 1 unspecified atom stereocenters. The topological polar surface area (TPSA) is 83.5 Å². The minimum atomic E-state index is -3.69. The van der Waals surface area contributed by atoms with Gasteiger partial charge in [-0.1, -0.05) is 6.07 Å². The minimum absolute atomic E-state index is 0.00384. The summed E-state index contributed by atoms with van der Waals surface area (Å²) in [7, 11) is -3.69. The van der Waals surface area contributed by atoms with Crippen LogP contribution in [-0.2, 0) is 10.0 Å². The van der Waals surface area contributed by atoms with Crippen LogP contribution in [0.3, 0.4) is 0 Å². The van der Waals surface area contributed by atoms with Crippen molar-refractivity contribution in [3.63, 3.8) is 0 Å². The molecule has 0 aliphatic rings. The third-order valence-electron chi connectivity index (χ3n) is 2.40. The third kappa shape index (κ3) is 3.21. The lowest BCUT2D eigenvalue weighted by atomic mass is 10.3. The van der Waals surface area contributed by atoms with Crippen molar-refractivity contribution in [3.05, 3.63) is 38.7 Å². The maximum Gasteiger partial charge on any atom is 0.345 e. The van der Waals surface area contributed by atoms with E-state index in [-0.39, 0.29) is 15.8 Å². The monoisotopic (exact) mass is 317 g/mol.